The molecule has 0 aliphatic heterocycles. The minimum Gasteiger partial charge on any atom is -0.494 e. The highest BCUT2D eigenvalue weighted by Crippen LogP contribution is 2.32. The Morgan fingerprint density at radius 1 is 1.48 bits per heavy atom. The van der Waals surface area contributed by atoms with E-state index < -0.39 is 40.8 Å². The number of nitrogens with one attached hydrogen (secondary N) is 1. The van der Waals surface area contributed by atoms with Crippen molar-refractivity contribution >= 4 is 23.3 Å². The Labute approximate surface area is 117 Å². The third kappa shape index (κ3) is 4.03. The van der Waals surface area contributed by atoms with Gasteiger partial charge in [-0.2, -0.15) is 0 Å². The fourth-order valence-corrected chi connectivity index (χ4v) is 1.53. The highest BCUT2D eigenvalue weighted by atomic mass is 19.1. The topological polar surface area (TPSA) is 139 Å². The maximum atomic E-state index is 13.4. The van der Waals surface area contributed by atoms with Crippen LogP contribution >= 0.6 is 0 Å². The molecular weight excluding hydrogens is 291 g/mol. The molecule has 1 aromatic carbocycles. The molecule has 0 amide bonds. The predicted octanol–water partition coefficient (Wildman–Crippen LogP) is 1.08. The van der Waals surface area contributed by atoms with Gasteiger partial charge >= 0.3 is 11.9 Å². The Kier molecular flexibility index (Phi) is 5.00. The van der Waals surface area contributed by atoms with Crippen LogP contribution in [0.25, 0.3) is 0 Å². The number of carboxylic acid groups (broad SMARTS) is 2. The largest absolute Gasteiger partial charge is 0.494 e. The van der Waals surface area contributed by atoms with Crippen molar-refractivity contribution < 1.29 is 33.9 Å². The summed E-state index contributed by atoms with van der Waals surface area (Å²) in [5.74, 6) is -4.27. The van der Waals surface area contributed by atoms with E-state index in [1.54, 1.807) is 0 Å². The fraction of sp³-hybridized carbons (Fsp3) is 0.273. The number of ether oxygens (including phenoxy) is 1. The van der Waals surface area contributed by atoms with E-state index in [0.29, 0.717) is 6.07 Å². The smallest absolute Gasteiger partial charge is 0.326 e. The van der Waals surface area contributed by atoms with E-state index >= 15 is 0 Å². The van der Waals surface area contributed by atoms with Gasteiger partial charge in [-0.15, -0.1) is 0 Å². The van der Waals surface area contributed by atoms with Crippen molar-refractivity contribution in [2.24, 2.45) is 0 Å². The van der Waals surface area contributed by atoms with Crippen molar-refractivity contribution in [2.45, 2.75) is 12.5 Å². The number of methoxy groups -OCH3 is 1. The first kappa shape index (κ1) is 16.1. The van der Waals surface area contributed by atoms with Crippen LogP contribution in [0, 0.1) is 15.9 Å². The first-order valence-corrected chi connectivity index (χ1v) is 5.49. The first-order valence-electron chi connectivity index (χ1n) is 5.49. The van der Waals surface area contributed by atoms with Gasteiger partial charge in [-0.05, 0) is 0 Å². The molecular formula is C11H11FN2O7. The number of nitro groups is 1. The van der Waals surface area contributed by atoms with Gasteiger partial charge in [0.05, 0.1) is 24.5 Å². The van der Waals surface area contributed by atoms with Gasteiger partial charge in [-0.3, -0.25) is 14.9 Å². The van der Waals surface area contributed by atoms with Crippen molar-refractivity contribution in [3.8, 4) is 5.75 Å². The van der Waals surface area contributed by atoms with E-state index in [-0.39, 0.29) is 11.4 Å². The quantitative estimate of drug-likeness (QED) is 0.502. The molecule has 0 aliphatic carbocycles. The number of hydrogen-bond acceptors (Lipinski definition) is 6. The number of benzene rings is 1. The average Bonchev–Trinajstić information content (AvgIpc) is 2.38. The molecule has 1 unspecified atom stereocenters. The molecule has 0 heterocycles. The normalized spacial score (nSPS) is 11.5. The summed E-state index contributed by atoms with van der Waals surface area (Å²) in [4.78, 5) is 31.4. The lowest BCUT2D eigenvalue weighted by atomic mass is 10.1. The molecule has 9 nitrogen and oxygen atoms in total. The van der Waals surface area contributed by atoms with Crippen LogP contribution in [0.1, 0.15) is 6.42 Å². The Morgan fingerprint density at radius 2 is 2.10 bits per heavy atom. The number of carbonyl (C=O) groups is 2. The first-order chi connectivity index (χ1) is 9.76. The lowest BCUT2D eigenvalue weighted by molar-refractivity contribution is -0.384. The Bertz CT molecular complexity index is 590. The van der Waals surface area contributed by atoms with Crippen LogP contribution in [0.2, 0.25) is 0 Å². The molecule has 0 aliphatic rings. The predicted molar refractivity (Wildman–Crippen MR) is 66.9 cm³/mol. The number of carboxylic acids is 2. The summed E-state index contributed by atoms with van der Waals surface area (Å²) in [7, 11) is 1.12. The molecule has 10 heteroatoms. The van der Waals surface area contributed by atoms with E-state index in [9.17, 15) is 24.1 Å². The molecule has 0 saturated carbocycles. The maximum absolute atomic E-state index is 13.4. The van der Waals surface area contributed by atoms with Crippen molar-refractivity contribution in [1.82, 2.24) is 0 Å². The summed E-state index contributed by atoms with van der Waals surface area (Å²) >= 11 is 0. The molecule has 1 atom stereocenters. The van der Waals surface area contributed by atoms with Crippen molar-refractivity contribution in [2.75, 3.05) is 12.4 Å². The molecule has 0 bridgehead atoms. The molecule has 3 N–H and O–H groups in total. The standard InChI is InChI=1S/C11H11FN2O7/c1-21-9-3-6(8(14(19)20)2-5(9)12)13-7(11(17)18)4-10(15)16/h2-3,7,13H,4H2,1H3,(H,15,16)(H,17,18). The van der Waals surface area contributed by atoms with Crippen LogP contribution in [0.5, 0.6) is 5.75 Å². The lowest BCUT2D eigenvalue weighted by Crippen LogP contribution is -2.32. The molecule has 0 radical (unpaired) electrons. The third-order valence-electron chi connectivity index (χ3n) is 2.47. The van der Waals surface area contributed by atoms with Crippen molar-refractivity contribution in [3.63, 3.8) is 0 Å². The van der Waals surface area contributed by atoms with E-state index in [4.69, 9.17) is 10.2 Å². The van der Waals surface area contributed by atoms with Crippen LogP contribution in [-0.4, -0.2) is 40.2 Å². The second-order valence-corrected chi connectivity index (χ2v) is 3.89. The van der Waals surface area contributed by atoms with Gasteiger partial charge in [0.15, 0.2) is 11.6 Å². The molecule has 0 spiro atoms. The highest BCUT2D eigenvalue weighted by molar-refractivity contribution is 5.84. The summed E-state index contributed by atoms with van der Waals surface area (Å²) in [6, 6.07) is -0.164. The summed E-state index contributed by atoms with van der Waals surface area (Å²) in [6.45, 7) is 0. The van der Waals surface area contributed by atoms with E-state index in [1.807, 2.05) is 0 Å². The van der Waals surface area contributed by atoms with Gasteiger partial charge in [-0.25, -0.2) is 9.18 Å². The summed E-state index contributed by atoms with van der Waals surface area (Å²) in [6.07, 6.45) is -0.813. The SMILES string of the molecule is COc1cc(NC(CC(=O)O)C(=O)O)c([N+](=O)[O-])cc1F. The van der Waals surface area contributed by atoms with Crippen LogP contribution in [0.4, 0.5) is 15.8 Å². The van der Waals surface area contributed by atoms with Crippen molar-refractivity contribution in [3.05, 3.63) is 28.1 Å². The van der Waals surface area contributed by atoms with Gasteiger partial charge in [0.2, 0.25) is 0 Å². The van der Waals surface area contributed by atoms with Crippen LogP contribution in [0.3, 0.4) is 0 Å². The third-order valence-corrected chi connectivity index (χ3v) is 2.47. The number of nitrogens with zero attached hydrogens (tertiary/aromatic N) is 1. The molecule has 1 rings (SSSR count). The summed E-state index contributed by atoms with van der Waals surface area (Å²) in [5, 5.41) is 30.5. The number of anilines is 1. The number of nitro benzene ring substituents is 1. The summed E-state index contributed by atoms with van der Waals surface area (Å²) < 4.78 is 18.1. The Morgan fingerprint density at radius 3 is 2.52 bits per heavy atom. The average molecular weight is 302 g/mol. The molecule has 0 aromatic heterocycles. The van der Waals surface area contributed by atoms with Crippen LogP contribution in [-0.2, 0) is 9.59 Å². The molecule has 0 fully saturated rings. The minimum absolute atomic E-state index is 0.345. The van der Waals surface area contributed by atoms with E-state index in [2.05, 4.69) is 10.1 Å². The van der Waals surface area contributed by atoms with Gasteiger partial charge < -0.3 is 20.3 Å². The van der Waals surface area contributed by atoms with Crippen LogP contribution < -0.4 is 10.1 Å². The van der Waals surface area contributed by atoms with E-state index in [0.717, 1.165) is 13.2 Å². The zero-order valence-electron chi connectivity index (χ0n) is 10.7. The highest BCUT2D eigenvalue weighted by Gasteiger charge is 2.26. The summed E-state index contributed by atoms with van der Waals surface area (Å²) in [5.41, 5.74) is -1.09. The van der Waals surface area contributed by atoms with Crippen LogP contribution in [0.15, 0.2) is 12.1 Å². The van der Waals surface area contributed by atoms with Crippen molar-refractivity contribution in [1.29, 1.82) is 0 Å². The second-order valence-electron chi connectivity index (χ2n) is 3.89. The molecule has 21 heavy (non-hydrogen) atoms. The number of rotatable bonds is 7. The van der Waals surface area contributed by atoms with Gasteiger partial charge in [0.1, 0.15) is 11.7 Å². The zero-order chi connectivity index (χ0) is 16.2. The van der Waals surface area contributed by atoms with Gasteiger partial charge in [0.25, 0.3) is 5.69 Å². The number of hydrogen-bond donors (Lipinski definition) is 3. The Hall–Kier alpha value is -2.91. The number of halogens is 1. The van der Waals surface area contributed by atoms with Gasteiger partial charge in [-0.1, -0.05) is 0 Å². The molecule has 0 saturated heterocycles. The zero-order valence-corrected chi connectivity index (χ0v) is 10.7. The fourth-order valence-electron chi connectivity index (χ4n) is 1.53. The molecule has 1 aromatic rings. The maximum Gasteiger partial charge on any atom is 0.326 e. The monoisotopic (exact) mass is 302 g/mol. The van der Waals surface area contributed by atoms with Gasteiger partial charge in [0, 0.05) is 6.07 Å². The number of aliphatic carboxylic acids is 2. The Balaban J connectivity index is 3.23. The lowest BCUT2D eigenvalue weighted by Gasteiger charge is -2.14. The molecule has 114 valence electrons. The van der Waals surface area contributed by atoms with E-state index in [1.165, 1.54) is 0 Å². The minimum atomic E-state index is -1.61. The second kappa shape index (κ2) is 6.50.